The first-order valence-electron chi connectivity index (χ1n) is 6.30. The van der Waals surface area contributed by atoms with Crippen LogP contribution in [0.15, 0.2) is 34.9 Å². The van der Waals surface area contributed by atoms with E-state index >= 15 is 0 Å². The molecule has 0 aliphatic heterocycles. The van der Waals surface area contributed by atoms with Crippen LogP contribution in [0.25, 0.3) is 0 Å². The normalized spacial score (nSPS) is 11.8. The summed E-state index contributed by atoms with van der Waals surface area (Å²) >= 11 is 3.18. The molecule has 0 heterocycles. The van der Waals surface area contributed by atoms with Gasteiger partial charge in [0.25, 0.3) is 0 Å². The van der Waals surface area contributed by atoms with Gasteiger partial charge in [-0.3, -0.25) is 4.79 Å². The minimum absolute atomic E-state index is 0.0119. The van der Waals surface area contributed by atoms with E-state index in [1.165, 1.54) is 0 Å². The van der Waals surface area contributed by atoms with Gasteiger partial charge < -0.3 is 5.32 Å². The van der Waals surface area contributed by atoms with Gasteiger partial charge >= 0.3 is 12.1 Å². The summed E-state index contributed by atoms with van der Waals surface area (Å²) < 4.78 is 36.3. The Morgan fingerprint density at radius 1 is 1.35 bits per heavy atom. The van der Waals surface area contributed by atoms with E-state index in [9.17, 15) is 18.0 Å². The highest BCUT2D eigenvalue weighted by Gasteiger charge is 2.38. The van der Waals surface area contributed by atoms with Crippen molar-refractivity contribution in [2.45, 2.75) is 39.8 Å². The third-order valence-corrected chi connectivity index (χ3v) is 2.14. The van der Waals surface area contributed by atoms with Crippen molar-refractivity contribution in [3.63, 3.8) is 0 Å². The van der Waals surface area contributed by atoms with Crippen molar-refractivity contribution in [2.24, 2.45) is 0 Å². The van der Waals surface area contributed by atoms with Crippen LogP contribution in [0.5, 0.6) is 0 Å². The molecule has 0 rings (SSSR count). The lowest BCUT2D eigenvalue weighted by atomic mass is 10.1. The second kappa shape index (κ2) is 11.8. The fraction of sp³-hybridized carbons (Fsp3) is 0.500. The zero-order chi connectivity index (χ0) is 16.2. The molecule has 20 heavy (non-hydrogen) atoms. The third-order valence-electron chi connectivity index (χ3n) is 1.91. The molecule has 6 heteroatoms. The van der Waals surface area contributed by atoms with Gasteiger partial charge in [-0.2, -0.15) is 13.2 Å². The number of hydrogen-bond acceptors (Lipinski definition) is 1. The van der Waals surface area contributed by atoms with E-state index in [1.807, 2.05) is 38.2 Å². The zero-order valence-corrected chi connectivity index (χ0v) is 13.6. The molecule has 0 saturated heterocycles. The van der Waals surface area contributed by atoms with Gasteiger partial charge in [-0.15, -0.1) is 0 Å². The van der Waals surface area contributed by atoms with E-state index in [4.69, 9.17) is 0 Å². The largest absolute Gasteiger partial charge is 0.471 e. The summed E-state index contributed by atoms with van der Waals surface area (Å²) in [5.74, 6) is -1.90. The number of carbonyl (C=O) groups excluding carboxylic acids is 1. The Bertz CT molecular complexity index is 360. The van der Waals surface area contributed by atoms with Gasteiger partial charge in [0.05, 0.1) is 0 Å². The Morgan fingerprint density at radius 2 is 1.90 bits per heavy atom. The topological polar surface area (TPSA) is 29.1 Å². The van der Waals surface area contributed by atoms with Crippen molar-refractivity contribution in [3.8, 4) is 0 Å². The van der Waals surface area contributed by atoms with E-state index in [0.29, 0.717) is 17.3 Å². The van der Waals surface area contributed by atoms with E-state index in [1.54, 1.807) is 6.08 Å². The Hall–Kier alpha value is -1.04. The molecule has 0 saturated carbocycles. The molecule has 0 aliphatic rings. The first-order valence-corrected chi connectivity index (χ1v) is 7.09. The first kappa shape index (κ1) is 21.3. The Morgan fingerprint density at radius 3 is 2.30 bits per heavy atom. The van der Waals surface area contributed by atoms with Crippen molar-refractivity contribution < 1.29 is 18.0 Å². The molecule has 0 spiro atoms. The molecule has 1 N–H and O–H groups in total. The SMILES string of the molecule is C=C(Br)/C=C(\C=C/C)CCCNC(=O)C(F)(F)F.CC. The summed E-state index contributed by atoms with van der Waals surface area (Å²) in [5, 5.41) is 1.82. The number of alkyl halides is 3. The Balaban J connectivity index is 0. The molecular weight excluding hydrogens is 335 g/mol. The van der Waals surface area contributed by atoms with Crippen molar-refractivity contribution in [2.75, 3.05) is 6.54 Å². The van der Waals surface area contributed by atoms with Crippen molar-refractivity contribution in [3.05, 3.63) is 34.9 Å². The molecule has 0 atom stereocenters. The molecule has 0 aromatic rings. The molecule has 1 amide bonds. The van der Waals surface area contributed by atoms with Gasteiger partial charge in [0.1, 0.15) is 0 Å². The average Bonchev–Trinajstić information content (AvgIpc) is 2.35. The maximum atomic E-state index is 11.9. The quantitative estimate of drug-likeness (QED) is 0.533. The van der Waals surface area contributed by atoms with Crippen LogP contribution < -0.4 is 5.32 Å². The second-order valence-corrected chi connectivity index (χ2v) is 4.54. The molecule has 0 aromatic carbocycles. The van der Waals surface area contributed by atoms with Crippen molar-refractivity contribution in [1.82, 2.24) is 5.32 Å². The molecule has 116 valence electrons. The van der Waals surface area contributed by atoms with Gasteiger partial charge in [-0.1, -0.05) is 48.5 Å². The van der Waals surface area contributed by atoms with Gasteiger partial charge in [-0.05, 0) is 31.4 Å². The molecular formula is C14H21BrF3NO. The fourth-order valence-corrected chi connectivity index (χ4v) is 1.51. The minimum atomic E-state index is -4.81. The van der Waals surface area contributed by atoms with Gasteiger partial charge in [0.15, 0.2) is 0 Å². The monoisotopic (exact) mass is 355 g/mol. The highest BCUT2D eigenvalue weighted by atomic mass is 79.9. The maximum Gasteiger partial charge on any atom is 0.471 e. The standard InChI is InChI=1S/C12H15BrF3NO.C2H6/c1-3-5-10(8-9(2)13)6-4-7-17-11(18)12(14,15)16;1-2/h3,5,8H,2,4,6-7H2,1H3,(H,17,18);1-2H3/b5-3-,10-8+;. The fourth-order valence-electron chi connectivity index (χ4n) is 1.21. The lowest BCUT2D eigenvalue weighted by Crippen LogP contribution is -2.37. The summed E-state index contributed by atoms with van der Waals surface area (Å²) in [4.78, 5) is 10.5. The number of amides is 1. The highest BCUT2D eigenvalue weighted by Crippen LogP contribution is 2.15. The predicted octanol–water partition coefficient (Wildman–Crippen LogP) is 4.88. The van der Waals surface area contributed by atoms with Crippen molar-refractivity contribution in [1.29, 1.82) is 0 Å². The summed E-state index contributed by atoms with van der Waals surface area (Å²) in [6.45, 7) is 9.49. The van der Waals surface area contributed by atoms with Crippen LogP contribution in [-0.4, -0.2) is 18.6 Å². The summed E-state index contributed by atoms with van der Waals surface area (Å²) in [6, 6.07) is 0. The van der Waals surface area contributed by atoms with Crippen LogP contribution in [0.2, 0.25) is 0 Å². The van der Waals surface area contributed by atoms with E-state index in [2.05, 4.69) is 22.5 Å². The molecule has 2 nitrogen and oxygen atoms in total. The number of nitrogens with one attached hydrogen (secondary N) is 1. The predicted molar refractivity (Wildman–Crippen MR) is 80.6 cm³/mol. The first-order chi connectivity index (χ1) is 9.27. The van der Waals surface area contributed by atoms with E-state index < -0.39 is 12.1 Å². The average molecular weight is 356 g/mol. The lowest BCUT2D eigenvalue weighted by molar-refractivity contribution is -0.173. The number of allylic oxidation sites excluding steroid dienone is 5. The van der Waals surface area contributed by atoms with E-state index in [0.717, 1.165) is 5.57 Å². The molecule has 0 aliphatic carbocycles. The molecule has 0 bridgehead atoms. The molecule has 0 aromatic heterocycles. The number of halogens is 4. The number of hydrogen-bond donors (Lipinski definition) is 1. The summed E-state index contributed by atoms with van der Waals surface area (Å²) in [5.41, 5.74) is 0.931. The van der Waals surface area contributed by atoms with Crippen LogP contribution >= 0.6 is 15.9 Å². The number of rotatable bonds is 6. The Labute approximate surface area is 126 Å². The molecule has 0 fully saturated rings. The zero-order valence-electron chi connectivity index (χ0n) is 12.0. The summed E-state index contributed by atoms with van der Waals surface area (Å²) in [7, 11) is 0. The van der Waals surface area contributed by atoms with Crippen LogP contribution in [0.1, 0.15) is 33.6 Å². The smallest absolute Gasteiger partial charge is 0.348 e. The second-order valence-electron chi connectivity index (χ2n) is 3.52. The third kappa shape index (κ3) is 12.0. The van der Waals surface area contributed by atoms with Crippen LogP contribution in [0.3, 0.4) is 0 Å². The lowest BCUT2D eigenvalue weighted by Gasteiger charge is -2.08. The molecule has 0 radical (unpaired) electrons. The minimum Gasteiger partial charge on any atom is -0.348 e. The van der Waals surface area contributed by atoms with Crippen LogP contribution in [0.4, 0.5) is 13.2 Å². The Kier molecular flexibility index (Phi) is 12.5. The van der Waals surface area contributed by atoms with Crippen molar-refractivity contribution >= 4 is 21.8 Å². The number of carbonyl (C=O) groups is 1. The summed E-state index contributed by atoms with van der Waals surface area (Å²) in [6.07, 6.45) is 1.64. The molecule has 0 unspecified atom stereocenters. The van der Waals surface area contributed by atoms with Crippen LogP contribution in [0, 0.1) is 0 Å². The van der Waals surface area contributed by atoms with Gasteiger partial charge in [0, 0.05) is 11.0 Å². The van der Waals surface area contributed by atoms with Crippen LogP contribution in [-0.2, 0) is 4.79 Å². The highest BCUT2D eigenvalue weighted by molar-refractivity contribution is 9.11. The van der Waals surface area contributed by atoms with Gasteiger partial charge in [-0.25, -0.2) is 0 Å². The van der Waals surface area contributed by atoms with E-state index in [-0.39, 0.29) is 6.54 Å². The maximum absolute atomic E-state index is 11.9. The van der Waals surface area contributed by atoms with Gasteiger partial charge in [0.2, 0.25) is 0 Å².